The van der Waals surface area contributed by atoms with Crippen LogP contribution in [0.15, 0.2) is 41.8 Å². The summed E-state index contributed by atoms with van der Waals surface area (Å²) in [7, 11) is 0. The molecule has 2 nitrogen and oxygen atoms in total. The van der Waals surface area contributed by atoms with Crippen LogP contribution in [-0.4, -0.2) is 9.78 Å². The van der Waals surface area contributed by atoms with Crippen LogP contribution in [0.1, 0.15) is 22.2 Å². The normalized spacial score (nSPS) is 16.2. The number of thiophene rings is 1. The van der Waals surface area contributed by atoms with Crippen molar-refractivity contribution < 1.29 is 4.39 Å². The van der Waals surface area contributed by atoms with Crippen molar-refractivity contribution in [2.45, 2.75) is 19.4 Å². The van der Waals surface area contributed by atoms with E-state index >= 15 is 0 Å². The molecule has 0 radical (unpaired) electrons. The fourth-order valence-corrected chi connectivity index (χ4v) is 3.69. The first kappa shape index (κ1) is 11.9. The monoisotopic (exact) mass is 284 g/mol. The second-order valence-electron chi connectivity index (χ2n) is 5.15. The topological polar surface area (TPSA) is 17.8 Å². The molecule has 1 aromatic carbocycles. The molecule has 1 aliphatic rings. The fourth-order valence-electron chi connectivity index (χ4n) is 2.95. The smallest absolute Gasteiger partial charge is 0.123 e. The third-order valence-electron chi connectivity index (χ3n) is 3.78. The average molecular weight is 284 g/mol. The first-order valence-corrected chi connectivity index (χ1v) is 7.49. The van der Waals surface area contributed by atoms with E-state index in [1.54, 1.807) is 17.4 Å². The van der Waals surface area contributed by atoms with Gasteiger partial charge in [0, 0.05) is 16.9 Å². The average Bonchev–Trinajstić information content (AvgIpc) is 3.09. The van der Waals surface area contributed by atoms with Crippen LogP contribution in [0.4, 0.5) is 4.39 Å². The maximum atomic E-state index is 13.6. The minimum absolute atomic E-state index is 0.100. The summed E-state index contributed by atoms with van der Waals surface area (Å²) in [6, 6.07) is 11.4. The van der Waals surface area contributed by atoms with Crippen LogP contribution in [-0.2, 0) is 6.42 Å². The Morgan fingerprint density at radius 3 is 3.00 bits per heavy atom. The van der Waals surface area contributed by atoms with Crippen molar-refractivity contribution in [1.29, 1.82) is 0 Å². The summed E-state index contributed by atoms with van der Waals surface area (Å²) >= 11 is 1.74. The molecule has 0 saturated carbocycles. The van der Waals surface area contributed by atoms with Crippen LogP contribution in [0, 0.1) is 12.7 Å². The molecule has 3 heterocycles. The van der Waals surface area contributed by atoms with E-state index in [4.69, 9.17) is 0 Å². The Bertz CT molecular complexity index is 774. The highest BCUT2D eigenvalue weighted by Gasteiger charge is 2.30. The van der Waals surface area contributed by atoms with Crippen molar-refractivity contribution in [3.63, 3.8) is 0 Å². The van der Waals surface area contributed by atoms with Crippen LogP contribution in [0.3, 0.4) is 0 Å². The number of aryl methyl sites for hydroxylation is 1. The Morgan fingerprint density at radius 1 is 1.30 bits per heavy atom. The first-order valence-electron chi connectivity index (χ1n) is 6.61. The molecule has 0 aliphatic carbocycles. The quantitative estimate of drug-likeness (QED) is 0.689. The fraction of sp³-hybridized carbons (Fsp3) is 0.188. The van der Waals surface area contributed by atoms with E-state index in [0.29, 0.717) is 0 Å². The highest BCUT2D eigenvalue weighted by atomic mass is 32.1. The van der Waals surface area contributed by atoms with Gasteiger partial charge in [-0.15, -0.1) is 11.3 Å². The molecule has 0 N–H and O–H groups in total. The Morgan fingerprint density at radius 2 is 2.20 bits per heavy atom. The zero-order valence-corrected chi connectivity index (χ0v) is 11.8. The Kier molecular flexibility index (Phi) is 2.54. The third kappa shape index (κ3) is 1.72. The SMILES string of the molecule is Cc1cc2n(n1)C(Cc1cccs1)c1cc(F)ccc1-2. The van der Waals surface area contributed by atoms with Gasteiger partial charge in [0.15, 0.2) is 0 Å². The van der Waals surface area contributed by atoms with Gasteiger partial charge in [-0.3, -0.25) is 4.68 Å². The molecule has 1 unspecified atom stereocenters. The van der Waals surface area contributed by atoms with Gasteiger partial charge < -0.3 is 0 Å². The molecule has 0 fully saturated rings. The predicted octanol–water partition coefficient (Wildman–Crippen LogP) is 4.20. The summed E-state index contributed by atoms with van der Waals surface area (Å²) in [5.41, 5.74) is 4.25. The highest BCUT2D eigenvalue weighted by Crippen LogP contribution is 2.41. The summed E-state index contributed by atoms with van der Waals surface area (Å²) in [4.78, 5) is 1.30. The standard InChI is InChI=1S/C16H13FN2S/c1-10-7-15-13-5-4-11(17)8-14(13)16(19(15)18-10)9-12-3-2-6-20-12/h2-8,16H,9H2,1H3. The number of hydrogen-bond acceptors (Lipinski definition) is 2. The molecule has 3 aromatic rings. The maximum absolute atomic E-state index is 13.6. The number of nitrogens with zero attached hydrogens (tertiary/aromatic N) is 2. The molecule has 1 atom stereocenters. The highest BCUT2D eigenvalue weighted by molar-refractivity contribution is 7.09. The van der Waals surface area contributed by atoms with E-state index in [1.807, 2.05) is 17.7 Å². The lowest BCUT2D eigenvalue weighted by atomic mass is 10.00. The van der Waals surface area contributed by atoms with Crippen LogP contribution in [0.5, 0.6) is 0 Å². The van der Waals surface area contributed by atoms with Crippen molar-refractivity contribution in [2.75, 3.05) is 0 Å². The number of aromatic nitrogens is 2. The van der Waals surface area contributed by atoms with E-state index in [1.165, 1.54) is 10.9 Å². The van der Waals surface area contributed by atoms with Gasteiger partial charge >= 0.3 is 0 Å². The van der Waals surface area contributed by atoms with Crippen LogP contribution in [0.25, 0.3) is 11.3 Å². The van der Waals surface area contributed by atoms with Gasteiger partial charge in [-0.25, -0.2) is 4.39 Å². The Hall–Kier alpha value is -1.94. The summed E-state index contributed by atoms with van der Waals surface area (Å²) in [6.45, 7) is 2.00. The molecule has 0 bridgehead atoms. The molecule has 4 rings (SSSR count). The summed E-state index contributed by atoms with van der Waals surface area (Å²) in [5, 5.41) is 6.67. The van der Waals surface area contributed by atoms with Crippen LogP contribution < -0.4 is 0 Å². The zero-order chi connectivity index (χ0) is 13.7. The molecule has 100 valence electrons. The van der Waals surface area contributed by atoms with Gasteiger partial charge in [-0.05, 0) is 48.2 Å². The molecule has 0 spiro atoms. The number of fused-ring (bicyclic) bond motifs is 3. The van der Waals surface area contributed by atoms with Crippen molar-refractivity contribution in [1.82, 2.24) is 9.78 Å². The Balaban J connectivity index is 1.87. The number of rotatable bonds is 2. The lowest BCUT2D eigenvalue weighted by molar-refractivity contribution is 0.541. The molecule has 20 heavy (non-hydrogen) atoms. The molecule has 4 heteroatoms. The molecule has 1 aliphatic heterocycles. The molecular formula is C16H13FN2S. The molecule has 2 aromatic heterocycles. The van der Waals surface area contributed by atoms with Gasteiger partial charge in [0.1, 0.15) is 5.82 Å². The largest absolute Gasteiger partial charge is 0.257 e. The molecule has 0 amide bonds. The minimum atomic E-state index is -0.178. The maximum Gasteiger partial charge on any atom is 0.123 e. The summed E-state index contributed by atoms with van der Waals surface area (Å²) in [5.74, 6) is -0.178. The van der Waals surface area contributed by atoms with Crippen molar-refractivity contribution >= 4 is 11.3 Å². The van der Waals surface area contributed by atoms with Crippen molar-refractivity contribution in [3.05, 3.63) is 63.7 Å². The second-order valence-corrected chi connectivity index (χ2v) is 6.18. The van der Waals surface area contributed by atoms with Gasteiger partial charge in [-0.1, -0.05) is 6.07 Å². The first-order chi connectivity index (χ1) is 9.72. The van der Waals surface area contributed by atoms with Gasteiger partial charge in [0.2, 0.25) is 0 Å². The van der Waals surface area contributed by atoms with Gasteiger partial charge in [0.05, 0.1) is 17.4 Å². The van der Waals surface area contributed by atoms with Crippen molar-refractivity contribution in [3.8, 4) is 11.3 Å². The summed E-state index contributed by atoms with van der Waals surface area (Å²) in [6.07, 6.45) is 0.863. The van der Waals surface area contributed by atoms with E-state index in [-0.39, 0.29) is 11.9 Å². The second kappa shape index (κ2) is 4.28. The molecular weight excluding hydrogens is 271 g/mol. The number of benzene rings is 1. The van der Waals surface area contributed by atoms with Crippen LogP contribution >= 0.6 is 11.3 Å². The van der Waals surface area contributed by atoms with E-state index in [0.717, 1.165) is 28.9 Å². The number of halogens is 1. The lowest BCUT2D eigenvalue weighted by Gasteiger charge is -2.13. The number of hydrogen-bond donors (Lipinski definition) is 0. The van der Waals surface area contributed by atoms with E-state index < -0.39 is 0 Å². The minimum Gasteiger partial charge on any atom is -0.257 e. The third-order valence-corrected chi connectivity index (χ3v) is 4.68. The van der Waals surface area contributed by atoms with E-state index in [2.05, 4.69) is 28.7 Å². The predicted molar refractivity (Wildman–Crippen MR) is 78.5 cm³/mol. The van der Waals surface area contributed by atoms with Crippen LogP contribution in [0.2, 0.25) is 0 Å². The van der Waals surface area contributed by atoms with Crippen molar-refractivity contribution in [2.24, 2.45) is 0 Å². The Labute approximate surface area is 120 Å². The van der Waals surface area contributed by atoms with Gasteiger partial charge in [0.25, 0.3) is 0 Å². The summed E-state index contributed by atoms with van der Waals surface area (Å²) < 4.78 is 15.6. The zero-order valence-electron chi connectivity index (χ0n) is 11.0. The lowest BCUT2D eigenvalue weighted by Crippen LogP contribution is -2.10. The molecule has 0 saturated heterocycles. The van der Waals surface area contributed by atoms with E-state index in [9.17, 15) is 4.39 Å². The van der Waals surface area contributed by atoms with Gasteiger partial charge in [-0.2, -0.15) is 5.10 Å².